The second kappa shape index (κ2) is 6.93. The Morgan fingerprint density at radius 2 is 2.09 bits per heavy atom. The van der Waals surface area contributed by atoms with Gasteiger partial charge in [0.15, 0.2) is 12.4 Å². The van der Waals surface area contributed by atoms with Crippen LogP contribution in [0.4, 0.5) is 0 Å². The van der Waals surface area contributed by atoms with E-state index < -0.39 is 0 Å². The van der Waals surface area contributed by atoms with E-state index in [1.807, 2.05) is 18.2 Å². The number of rotatable bonds is 3. The van der Waals surface area contributed by atoms with E-state index in [0.717, 1.165) is 19.8 Å². The van der Waals surface area contributed by atoms with E-state index in [2.05, 4.69) is 36.8 Å². The number of hydrogen-bond acceptors (Lipinski definition) is 4. The average molecular weight is 430 g/mol. The summed E-state index contributed by atoms with van der Waals surface area (Å²) in [6, 6.07) is 5.72. The van der Waals surface area contributed by atoms with Crippen LogP contribution in [0.1, 0.15) is 0 Å². The number of benzene rings is 1. The van der Waals surface area contributed by atoms with Crippen LogP contribution in [-0.4, -0.2) is 48.7 Å². The first-order valence-electron chi connectivity index (χ1n) is 6.88. The summed E-state index contributed by atoms with van der Waals surface area (Å²) in [6.07, 6.45) is 1.71. The van der Waals surface area contributed by atoms with Crippen molar-refractivity contribution in [3.63, 3.8) is 0 Å². The zero-order valence-electron chi connectivity index (χ0n) is 11.7. The molecule has 3 rings (SSSR count). The number of hydrogen-bond donors (Lipinski definition) is 0. The van der Waals surface area contributed by atoms with Crippen molar-refractivity contribution in [2.24, 2.45) is 0 Å². The fraction of sp³-hybridized carbons (Fsp3) is 0.333. The van der Waals surface area contributed by atoms with Crippen molar-refractivity contribution in [2.75, 3.05) is 32.9 Å². The lowest BCUT2D eigenvalue weighted by atomic mass is 10.2. The number of morpholine rings is 1. The first-order valence-corrected chi connectivity index (χ1v) is 8.46. The van der Waals surface area contributed by atoms with Gasteiger partial charge in [-0.05, 0) is 28.1 Å². The van der Waals surface area contributed by atoms with Crippen molar-refractivity contribution in [3.8, 4) is 5.75 Å². The summed E-state index contributed by atoms with van der Waals surface area (Å²) in [7, 11) is 0. The molecule has 0 bridgehead atoms. The molecule has 0 unspecified atom stereocenters. The topological polar surface area (TPSA) is 51.7 Å². The van der Waals surface area contributed by atoms with E-state index >= 15 is 0 Å². The maximum atomic E-state index is 12.2. The molecule has 1 aliphatic rings. The van der Waals surface area contributed by atoms with Gasteiger partial charge in [0.1, 0.15) is 5.52 Å². The van der Waals surface area contributed by atoms with E-state index in [9.17, 15) is 4.79 Å². The van der Waals surface area contributed by atoms with E-state index in [1.54, 1.807) is 11.1 Å². The van der Waals surface area contributed by atoms with E-state index in [4.69, 9.17) is 9.47 Å². The number of halogens is 2. The minimum absolute atomic E-state index is 0.00803. The van der Waals surface area contributed by atoms with Crippen LogP contribution < -0.4 is 4.74 Å². The second-order valence-corrected chi connectivity index (χ2v) is 6.56. The van der Waals surface area contributed by atoms with Crippen LogP contribution in [0.15, 0.2) is 33.3 Å². The molecule has 1 aromatic heterocycles. The van der Waals surface area contributed by atoms with Crippen molar-refractivity contribution in [2.45, 2.75) is 0 Å². The van der Waals surface area contributed by atoms with Crippen molar-refractivity contribution >= 4 is 48.7 Å². The zero-order chi connectivity index (χ0) is 15.5. The lowest BCUT2D eigenvalue weighted by Gasteiger charge is -2.26. The Morgan fingerprint density at radius 3 is 2.86 bits per heavy atom. The van der Waals surface area contributed by atoms with Crippen molar-refractivity contribution in [3.05, 3.63) is 33.3 Å². The van der Waals surface area contributed by atoms with Gasteiger partial charge < -0.3 is 14.4 Å². The predicted octanol–water partition coefficient (Wildman–Crippen LogP) is 3.00. The molecular formula is C15H14Br2N2O3. The molecule has 2 heterocycles. The SMILES string of the molecule is O=C(COc1c(Br)cc(Br)c2cccnc12)N1CCOCC1. The van der Waals surface area contributed by atoms with Gasteiger partial charge in [0, 0.05) is 29.1 Å². The van der Waals surface area contributed by atoms with Crippen LogP contribution in [0.2, 0.25) is 0 Å². The molecule has 1 saturated heterocycles. The molecule has 0 spiro atoms. The number of pyridine rings is 1. The van der Waals surface area contributed by atoms with Crippen LogP contribution >= 0.6 is 31.9 Å². The smallest absolute Gasteiger partial charge is 0.260 e. The van der Waals surface area contributed by atoms with Gasteiger partial charge in [-0.3, -0.25) is 9.78 Å². The van der Waals surface area contributed by atoms with Crippen LogP contribution in [0.5, 0.6) is 5.75 Å². The number of nitrogens with zero attached hydrogens (tertiary/aromatic N) is 2. The van der Waals surface area contributed by atoms with E-state index in [0.29, 0.717) is 32.1 Å². The monoisotopic (exact) mass is 428 g/mol. The van der Waals surface area contributed by atoms with Crippen molar-refractivity contribution < 1.29 is 14.3 Å². The molecule has 1 aromatic carbocycles. The third-order valence-corrected chi connectivity index (χ3v) is 4.70. The minimum atomic E-state index is -0.0396. The standard InChI is InChI=1S/C15H14Br2N2O3/c16-11-8-12(17)15(14-10(11)2-1-3-18-14)22-9-13(20)19-4-6-21-7-5-19/h1-3,8H,4-7,9H2. The molecule has 1 aliphatic heterocycles. The lowest BCUT2D eigenvalue weighted by molar-refractivity contribution is -0.137. The molecule has 0 saturated carbocycles. The van der Waals surface area contributed by atoms with E-state index in [1.165, 1.54) is 0 Å². The molecule has 0 N–H and O–H groups in total. The van der Waals surface area contributed by atoms with Gasteiger partial charge in [0.05, 0.1) is 17.7 Å². The van der Waals surface area contributed by atoms with Crippen LogP contribution in [0, 0.1) is 0 Å². The number of amides is 1. The highest BCUT2D eigenvalue weighted by atomic mass is 79.9. The molecule has 22 heavy (non-hydrogen) atoms. The summed E-state index contributed by atoms with van der Waals surface area (Å²) in [5, 5.41) is 0.944. The van der Waals surface area contributed by atoms with Crippen LogP contribution in [0.25, 0.3) is 10.9 Å². The minimum Gasteiger partial charge on any atom is -0.480 e. The zero-order valence-corrected chi connectivity index (χ0v) is 14.9. The number of carbonyl (C=O) groups is 1. The fourth-order valence-corrected chi connectivity index (χ4v) is 3.71. The summed E-state index contributed by atoms with van der Waals surface area (Å²) >= 11 is 6.98. The molecule has 2 aromatic rings. The first-order chi connectivity index (χ1) is 10.7. The summed E-state index contributed by atoms with van der Waals surface area (Å²) in [5.74, 6) is 0.544. The Kier molecular flexibility index (Phi) is 4.95. The van der Waals surface area contributed by atoms with Gasteiger partial charge >= 0.3 is 0 Å². The van der Waals surface area contributed by atoms with Crippen molar-refractivity contribution in [1.82, 2.24) is 9.88 Å². The average Bonchev–Trinajstić information content (AvgIpc) is 2.55. The van der Waals surface area contributed by atoms with Crippen LogP contribution in [0.3, 0.4) is 0 Å². The highest BCUT2D eigenvalue weighted by Gasteiger charge is 2.19. The molecular weight excluding hydrogens is 416 g/mol. The normalized spacial score (nSPS) is 15.1. The van der Waals surface area contributed by atoms with Gasteiger partial charge in [-0.2, -0.15) is 0 Å². The molecule has 5 nitrogen and oxygen atoms in total. The van der Waals surface area contributed by atoms with Gasteiger partial charge in [0.2, 0.25) is 0 Å². The van der Waals surface area contributed by atoms with E-state index in [-0.39, 0.29) is 12.5 Å². The molecule has 0 atom stereocenters. The summed E-state index contributed by atoms with van der Waals surface area (Å²) in [4.78, 5) is 18.3. The largest absolute Gasteiger partial charge is 0.480 e. The summed E-state index contributed by atoms with van der Waals surface area (Å²) in [6.45, 7) is 2.38. The van der Waals surface area contributed by atoms with Gasteiger partial charge in [0.25, 0.3) is 5.91 Å². The Morgan fingerprint density at radius 1 is 1.32 bits per heavy atom. The molecule has 116 valence electrons. The van der Waals surface area contributed by atoms with Gasteiger partial charge in [-0.15, -0.1) is 0 Å². The van der Waals surface area contributed by atoms with Gasteiger partial charge in [-0.25, -0.2) is 0 Å². The molecule has 0 aliphatic carbocycles. The molecule has 1 amide bonds. The molecule has 0 radical (unpaired) electrons. The highest BCUT2D eigenvalue weighted by Crippen LogP contribution is 2.37. The number of carbonyl (C=O) groups excluding carboxylic acids is 1. The molecule has 1 fully saturated rings. The number of ether oxygens (including phenoxy) is 2. The predicted molar refractivity (Wildman–Crippen MR) is 90.0 cm³/mol. The Bertz CT molecular complexity index is 702. The third kappa shape index (κ3) is 3.26. The molecule has 7 heteroatoms. The fourth-order valence-electron chi connectivity index (χ4n) is 2.32. The summed E-state index contributed by atoms with van der Waals surface area (Å²) < 4.78 is 12.7. The van der Waals surface area contributed by atoms with Crippen molar-refractivity contribution in [1.29, 1.82) is 0 Å². The maximum Gasteiger partial charge on any atom is 0.260 e. The highest BCUT2D eigenvalue weighted by molar-refractivity contribution is 9.11. The Hall–Kier alpha value is -1.18. The first kappa shape index (κ1) is 15.7. The summed E-state index contributed by atoms with van der Waals surface area (Å²) in [5.41, 5.74) is 0.721. The van der Waals surface area contributed by atoms with Gasteiger partial charge in [-0.1, -0.05) is 22.0 Å². The maximum absolute atomic E-state index is 12.2. The third-order valence-electron chi connectivity index (χ3n) is 3.45. The second-order valence-electron chi connectivity index (χ2n) is 4.85. The number of fused-ring (bicyclic) bond motifs is 1. The van der Waals surface area contributed by atoms with Crippen LogP contribution in [-0.2, 0) is 9.53 Å². The number of aromatic nitrogens is 1. The lowest BCUT2D eigenvalue weighted by Crippen LogP contribution is -2.43. The quantitative estimate of drug-likeness (QED) is 0.752. The Labute approximate surface area is 144 Å². The Balaban J connectivity index is 1.80.